The summed E-state index contributed by atoms with van der Waals surface area (Å²) in [6.07, 6.45) is 3.51. The van der Waals surface area contributed by atoms with Crippen LogP contribution in [-0.4, -0.2) is 31.2 Å². The maximum atomic E-state index is 13.0. The molecule has 156 valence electrons. The van der Waals surface area contributed by atoms with E-state index in [-0.39, 0.29) is 29.9 Å². The van der Waals surface area contributed by atoms with Crippen LogP contribution in [-0.2, 0) is 16.6 Å². The number of aryl methyl sites for hydroxylation is 1. The van der Waals surface area contributed by atoms with Crippen LogP contribution in [0.3, 0.4) is 0 Å². The average Bonchev–Trinajstić information content (AvgIpc) is 2.68. The van der Waals surface area contributed by atoms with E-state index in [1.807, 2.05) is 13.8 Å². The van der Waals surface area contributed by atoms with Crippen LogP contribution in [0.1, 0.15) is 48.2 Å². The van der Waals surface area contributed by atoms with Gasteiger partial charge in [0.1, 0.15) is 0 Å². The number of rotatable bonds is 10. The number of hydrogen-bond acceptors (Lipinski definition) is 3. The molecule has 0 spiro atoms. The summed E-state index contributed by atoms with van der Waals surface area (Å²) in [6.45, 7) is 10.1. The Balaban J connectivity index is 2.15. The van der Waals surface area contributed by atoms with Crippen molar-refractivity contribution in [3.8, 4) is 0 Å². The fraction of sp³-hybridized carbons (Fsp3) is 0.348. The lowest BCUT2D eigenvalue weighted by Gasteiger charge is -2.21. The highest BCUT2D eigenvalue weighted by molar-refractivity contribution is 7.89. The Hall–Kier alpha value is -2.44. The van der Waals surface area contributed by atoms with Crippen LogP contribution in [0.25, 0.3) is 0 Å². The summed E-state index contributed by atoms with van der Waals surface area (Å²) < 4.78 is 27.4. The van der Waals surface area contributed by atoms with Gasteiger partial charge in [0, 0.05) is 24.7 Å². The van der Waals surface area contributed by atoms with E-state index in [1.165, 1.54) is 4.31 Å². The highest BCUT2D eigenvalue weighted by atomic mass is 32.2. The maximum Gasteiger partial charge on any atom is 0.251 e. The van der Waals surface area contributed by atoms with Crippen LogP contribution in [0.15, 0.2) is 66.1 Å². The van der Waals surface area contributed by atoms with Gasteiger partial charge in [-0.25, -0.2) is 8.42 Å². The van der Waals surface area contributed by atoms with Crippen molar-refractivity contribution in [2.24, 2.45) is 0 Å². The molecule has 6 heteroatoms. The topological polar surface area (TPSA) is 66.5 Å². The maximum absolute atomic E-state index is 13.0. The molecule has 0 aliphatic rings. The van der Waals surface area contributed by atoms with Crippen molar-refractivity contribution in [1.29, 1.82) is 0 Å². The lowest BCUT2D eigenvalue weighted by Crippen LogP contribution is -2.32. The fourth-order valence-electron chi connectivity index (χ4n) is 3.03. The summed E-state index contributed by atoms with van der Waals surface area (Å²) >= 11 is 0. The molecule has 1 N–H and O–H groups in total. The van der Waals surface area contributed by atoms with Crippen molar-refractivity contribution in [2.45, 2.75) is 51.1 Å². The van der Waals surface area contributed by atoms with Gasteiger partial charge in [-0.2, -0.15) is 4.31 Å². The second kappa shape index (κ2) is 10.4. The van der Waals surface area contributed by atoms with Gasteiger partial charge in [-0.3, -0.25) is 4.79 Å². The highest BCUT2D eigenvalue weighted by Gasteiger charge is 2.23. The standard InChI is InChI=1S/C23H30N2O3S/c1-5-7-19(4)24-23(26)21-12-10-20(11-13-21)17-25(16-6-2)29(27,28)22-14-8-18(3)9-15-22/h6,8-15,19H,2,5,7,16-17H2,1,3-4H3,(H,24,26). The van der Waals surface area contributed by atoms with Gasteiger partial charge in [-0.15, -0.1) is 6.58 Å². The third kappa shape index (κ3) is 6.27. The third-order valence-corrected chi connectivity index (χ3v) is 6.49. The van der Waals surface area contributed by atoms with E-state index in [2.05, 4.69) is 18.8 Å². The number of carbonyl (C=O) groups is 1. The molecule has 0 fully saturated rings. The molecule has 0 aliphatic carbocycles. The number of nitrogens with one attached hydrogen (secondary N) is 1. The predicted octanol–water partition coefficient (Wildman–Crippen LogP) is 4.29. The zero-order chi connectivity index (χ0) is 21.4. The second-order valence-electron chi connectivity index (χ2n) is 7.26. The van der Waals surface area contributed by atoms with E-state index >= 15 is 0 Å². The number of benzene rings is 2. The van der Waals surface area contributed by atoms with Gasteiger partial charge in [-0.1, -0.05) is 49.2 Å². The smallest absolute Gasteiger partial charge is 0.251 e. The third-order valence-electron chi connectivity index (χ3n) is 4.67. The molecule has 0 aliphatic heterocycles. The van der Waals surface area contributed by atoms with Gasteiger partial charge >= 0.3 is 0 Å². The molecule has 29 heavy (non-hydrogen) atoms. The predicted molar refractivity (Wildman–Crippen MR) is 117 cm³/mol. The van der Waals surface area contributed by atoms with Gasteiger partial charge < -0.3 is 5.32 Å². The lowest BCUT2D eigenvalue weighted by atomic mass is 10.1. The number of hydrogen-bond donors (Lipinski definition) is 1. The normalized spacial score (nSPS) is 12.6. The first kappa shape index (κ1) is 22.8. The van der Waals surface area contributed by atoms with E-state index in [4.69, 9.17) is 0 Å². The minimum absolute atomic E-state index is 0.118. The van der Waals surface area contributed by atoms with Crippen LogP contribution in [0.4, 0.5) is 0 Å². The molecule has 5 nitrogen and oxygen atoms in total. The van der Waals surface area contributed by atoms with E-state index < -0.39 is 10.0 Å². The Bertz CT molecular complexity index is 920. The SMILES string of the molecule is C=CCN(Cc1ccc(C(=O)NC(C)CCC)cc1)S(=O)(=O)c1ccc(C)cc1. The van der Waals surface area contributed by atoms with Crippen LogP contribution in [0.2, 0.25) is 0 Å². The van der Waals surface area contributed by atoms with E-state index in [9.17, 15) is 13.2 Å². The van der Waals surface area contributed by atoms with Crippen molar-refractivity contribution in [3.63, 3.8) is 0 Å². The molecule has 0 saturated carbocycles. The van der Waals surface area contributed by atoms with E-state index in [1.54, 1.807) is 54.6 Å². The lowest BCUT2D eigenvalue weighted by molar-refractivity contribution is 0.0938. The first-order chi connectivity index (χ1) is 13.8. The van der Waals surface area contributed by atoms with Gasteiger partial charge in [0.2, 0.25) is 10.0 Å². The summed E-state index contributed by atoms with van der Waals surface area (Å²) in [7, 11) is -3.64. The minimum atomic E-state index is -3.64. The summed E-state index contributed by atoms with van der Waals surface area (Å²) in [5.74, 6) is -0.118. The van der Waals surface area contributed by atoms with Crippen LogP contribution < -0.4 is 5.32 Å². The molecule has 0 saturated heterocycles. The number of sulfonamides is 1. The van der Waals surface area contributed by atoms with Crippen molar-refractivity contribution >= 4 is 15.9 Å². The molecule has 0 bridgehead atoms. The van der Waals surface area contributed by atoms with Gasteiger partial charge in [0.15, 0.2) is 0 Å². The highest BCUT2D eigenvalue weighted by Crippen LogP contribution is 2.19. The molecule has 0 heterocycles. The largest absolute Gasteiger partial charge is 0.350 e. The quantitative estimate of drug-likeness (QED) is 0.590. The molecule has 2 aromatic rings. The van der Waals surface area contributed by atoms with Gasteiger partial charge in [0.05, 0.1) is 4.90 Å². The molecule has 1 unspecified atom stereocenters. The Morgan fingerprint density at radius 3 is 2.31 bits per heavy atom. The van der Waals surface area contributed by atoms with Gasteiger partial charge in [0.25, 0.3) is 5.91 Å². The average molecular weight is 415 g/mol. The Morgan fingerprint density at radius 2 is 1.76 bits per heavy atom. The molecule has 0 aromatic heterocycles. The summed E-state index contributed by atoms with van der Waals surface area (Å²) in [4.78, 5) is 12.6. The summed E-state index contributed by atoms with van der Waals surface area (Å²) in [5, 5.41) is 2.97. The molecule has 2 rings (SSSR count). The van der Waals surface area contributed by atoms with E-state index in [0.717, 1.165) is 24.0 Å². The van der Waals surface area contributed by atoms with Crippen LogP contribution in [0, 0.1) is 6.92 Å². The van der Waals surface area contributed by atoms with E-state index in [0.29, 0.717) is 5.56 Å². The second-order valence-corrected chi connectivity index (χ2v) is 9.20. The molecule has 1 amide bonds. The monoisotopic (exact) mass is 414 g/mol. The summed E-state index contributed by atoms with van der Waals surface area (Å²) in [6, 6.07) is 14.0. The molecule has 0 radical (unpaired) electrons. The summed E-state index contributed by atoms with van der Waals surface area (Å²) in [5.41, 5.74) is 2.37. The number of nitrogens with zero attached hydrogens (tertiary/aromatic N) is 1. The molecule has 1 atom stereocenters. The fourth-order valence-corrected chi connectivity index (χ4v) is 4.43. The Morgan fingerprint density at radius 1 is 1.14 bits per heavy atom. The number of carbonyl (C=O) groups excluding carboxylic acids is 1. The Labute approximate surface area is 174 Å². The minimum Gasteiger partial charge on any atom is -0.350 e. The van der Waals surface area contributed by atoms with Crippen molar-refractivity contribution in [2.75, 3.05) is 6.54 Å². The van der Waals surface area contributed by atoms with Crippen molar-refractivity contribution in [1.82, 2.24) is 9.62 Å². The molecule has 2 aromatic carbocycles. The number of amides is 1. The van der Waals surface area contributed by atoms with Gasteiger partial charge in [-0.05, 0) is 50.1 Å². The van der Waals surface area contributed by atoms with Crippen molar-refractivity contribution < 1.29 is 13.2 Å². The molecular weight excluding hydrogens is 384 g/mol. The zero-order valence-electron chi connectivity index (χ0n) is 17.4. The first-order valence-electron chi connectivity index (χ1n) is 9.85. The Kier molecular flexibility index (Phi) is 8.17. The zero-order valence-corrected chi connectivity index (χ0v) is 18.2. The van der Waals surface area contributed by atoms with Crippen molar-refractivity contribution in [3.05, 3.63) is 77.9 Å². The van der Waals surface area contributed by atoms with Crippen LogP contribution in [0.5, 0.6) is 0 Å². The molecular formula is C23H30N2O3S. The first-order valence-corrected chi connectivity index (χ1v) is 11.3. The van der Waals surface area contributed by atoms with Crippen LogP contribution >= 0.6 is 0 Å².